The number of hydrogen-bond donors (Lipinski definition) is 0. The summed E-state index contributed by atoms with van der Waals surface area (Å²) in [4.78, 5) is 16.9. The zero-order valence-corrected chi connectivity index (χ0v) is 19.5. The summed E-state index contributed by atoms with van der Waals surface area (Å²) < 4.78 is 35.3. The van der Waals surface area contributed by atoms with Crippen LogP contribution in [0.15, 0.2) is 34.9 Å². The maximum absolute atomic E-state index is 13.4. The first-order valence-corrected chi connectivity index (χ1v) is 12.3. The molecule has 3 aliphatic heterocycles. The van der Waals surface area contributed by atoms with E-state index in [1.54, 1.807) is 11.0 Å². The second-order valence-corrected chi connectivity index (χ2v) is 9.38. The lowest BCUT2D eigenvalue weighted by Crippen LogP contribution is -2.37. The molecule has 0 atom stereocenters. The fraction of sp³-hybridized carbons (Fsp3) is 0.462. The van der Waals surface area contributed by atoms with Gasteiger partial charge in [-0.25, -0.2) is 9.18 Å². The van der Waals surface area contributed by atoms with Gasteiger partial charge in [0, 0.05) is 36.5 Å². The van der Waals surface area contributed by atoms with E-state index >= 15 is 0 Å². The smallest absolute Gasteiger partial charge is 0.414 e. The van der Waals surface area contributed by atoms with Gasteiger partial charge in [0.1, 0.15) is 5.82 Å². The van der Waals surface area contributed by atoms with Crippen LogP contribution in [0, 0.1) is 5.82 Å². The molecule has 0 N–H and O–H groups in total. The van der Waals surface area contributed by atoms with Crippen molar-refractivity contribution in [3.63, 3.8) is 0 Å². The molecule has 3 aromatic rings. The number of carbonyl (C=O) groups excluding carboxylic acids is 1. The number of benzene rings is 2. The Labute approximate surface area is 202 Å². The van der Waals surface area contributed by atoms with E-state index in [-0.39, 0.29) is 18.7 Å². The Balaban J connectivity index is 0.973. The van der Waals surface area contributed by atoms with Crippen molar-refractivity contribution < 1.29 is 27.9 Å². The molecule has 1 aromatic heterocycles. The van der Waals surface area contributed by atoms with Crippen LogP contribution < -0.4 is 14.4 Å². The van der Waals surface area contributed by atoms with Crippen molar-refractivity contribution in [3.05, 3.63) is 47.4 Å². The third kappa shape index (κ3) is 4.40. The highest BCUT2D eigenvalue weighted by molar-refractivity contribution is 5.90. The lowest BCUT2D eigenvalue weighted by Gasteiger charge is -2.31. The van der Waals surface area contributed by atoms with Gasteiger partial charge in [0.15, 0.2) is 17.1 Å². The predicted molar refractivity (Wildman–Crippen MR) is 127 cm³/mol. The van der Waals surface area contributed by atoms with Gasteiger partial charge in [-0.15, -0.1) is 0 Å². The highest BCUT2D eigenvalue weighted by Gasteiger charge is 2.28. The summed E-state index contributed by atoms with van der Waals surface area (Å²) in [5.41, 5.74) is 3.38. The average molecular weight is 482 g/mol. The predicted octanol–water partition coefficient (Wildman–Crippen LogP) is 4.85. The van der Waals surface area contributed by atoms with Crippen LogP contribution in [0.25, 0.3) is 11.0 Å². The maximum atomic E-state index is 13.4. The van der Waals surface area contributed by atoms with E-state index in [2.05, 4.69) is 10.1 Å². The molecule has 9 heteroatoms. The van der Waals surface area contributed by atoms with Crippen molar-refractivity contribution in [2.75, 3.05) is 44.5 Å². The molecule has 184 valence electrons. The van der Waals surface area contributed by atoms with Gasteiger partial charge in [-0.1, -0.05) is 5.16 Å². The van der Waals surface area contributed by atoms with E-state index in [1.165, 1.54) is 12.1 Å². The minimum atomic E-state index is -0.313. The van der Waals surface area contributed by atoms with Crippen LogP contribution in [-0.2, 0) is 11.2 Å². The lowest BCUT2D eigenvalue weighted by atomic mass is 9.91. The van der Waals surface area contributed by atoms with E-state index in [0.29, 0.717) is 30.4 Å². The second-order valence-electron chi connectivity index (χ2n) is 9.38. The number of hydrogen-bond acceptors (Lipinski definition) is 7. The molecule has 0 spiro atoms. The van der Waals surface area contributed by atoms with Crippen LogP contribution in [-0.4, -0.2) is 55.7 Å². The van der Waals surface area contributed by atoms with Crippen LogP contribution in [0.2, 0.25) is 0 Å². The molecule has 35 heavy (non-hydrogen) atoms. The number of rotatable bonds is 5. The van der Waals surface area contributed by atoms with Gasteiger partial charge in [0.2, 0.25) is 6.79 Å². The molecule has 0 bridgehead atoms. The van der Waals surface area contributed by atoms with Crippen molar-refractivity contribution in [3.8, 4) is 11.5 Å². The molecule has 1 amide bonds. The van der Waals surface area contributed by atoms with Crippen LogP contribution >= 0.6 is 0 Å². The topological polar surface area (TPSA) is 77.3 Å². The fourth-order valence-electron chi connectivity index (χ4n) is 5.34. The highest BCUT2D eigenvalue weighted by atomic mass is 19.1. The number of likely N-dealkylation sites (tertiary alicyclic amines) is 1. The molecule has 1 fully saturated rings. The Hall–Kier alpha value is -3.33. The summed E-state index contributed by atoms with van der Waals surface area (Å²) in [6, 6.07) is 8.46. The first-order chi connectivity index (χ1) is 17.2. The number of aromatic nitrogens is 1. The normalized spacial score (nSPS) is 18.1. The first kappa shape index (κ1) is 22.2. The number of piperidine rings is 1. The zero-order chi connectivity index (χ0) is 23.8. The summed E-state index contributed by atoms with van der Waals surface area (Å²) in [6.45, 7) is 4.01. The lowest BCUT2D eigenvalue weighted by molar-refractivity contribution is 0.139. The summed E-state index contributed by atoms with van der Waals surface area (Å²) >= 11 is 0. The van der Waals surface area contributed by atoms with Crippen molar-refractivity contribution in [2.24, 2.45) is 0 Å². The van der Waals surface area contributed by atoms with Gasteiger partial charge < -0.3 is 23.6 Å². The molecule has 3 aliphatic rings. The first-order valence-electron chi connectivity index (χ1n) is 12.3. The molecular formula is C26H28FN3O5. The molecule has 0 saturated carbocycles. The molecule has 0 aliphatic carbocycles. The van der Waals surface area contributed by atoms with Crippen molar-refractivity contribution >= 4 is 22.7 Å². The standard InChI is InChI=1S/C26H28FN3O5/c27-19-4-5-20-22(14-19)35-28-25(20)17-6-10-29(11-7-17)8-2-12-32-26(31)30-9-1-3-18-13-23-24(15-21(18)30)34-16-33-23/h4-5,13-15,17H,1-3,6-12,16H2. The van der Waals surface area contributed by atoms with E-state index in [4.69, 9.17) is 18.7 Å². The Morgan fingerprint density at radius 2 is 1.94 bits per heavy atom. The van der Waals surface area contributed by atoms with E-state index in [1.807, 2.05) is 12.1 Å². The number of anilines is 1. The summed E-state index contributed by atoms with van der Waals surface area (Å²) in [7, 11) is 0. The third-order valence-corrected chi connectivity index (χ3v) is 7.19. The summed E-state index contributed by atoms with van der Waals surface area (Å²) in [5.74, 6) is 1.42. The minimum absolute atomic E-state index is 0.217. The van der Waals surface area contributed by atoms with Crippen molar-refractivity contribution in [2.45, 2.75) is 38.0 Å². The van der Waals surface area contributed by atoms with Crippen LogP contribution in [0.5, 0.6) is 11.5 Å². The highest BCUT2D eigenvalue weighted by Crippen LogP contribution is 2.40. The Morgan fingerprint density at radius 1 is 1.11 bits per heavy atom. The number of nitrogens with zero attached hydrogens (tertiary/aromatic N) is 3. The third-order valence-electron chi connectivity index (χ3n) is 7.19. The molecule has 4 heterocycles. The van der Waals surface area contributed by atoms with Gasteiger partial charge in [0.05, 0.1) is 18.0 Å². The number of carbonyl (C=O) groups is 1. The number of fused-ring (bicyclic) bond motifs is 3. The van der Waals surface area contributed by atoms with E-state index in [9.17, 15) is 9.18 Å². The number of aryl methyl sites for hydroxylation is 1. The van der Waals surface area contributed by atoms with Crippen molar-refractivity contribution in [1.29, 1.82) is 0 Å². The number of halogens is 1. The largest absolute Gasteiger partial charge is 0.454 e. The molecular weight excluding hydrogens is 453 g/mol. The minimum Gasteiger partial charge on any atom is -0.454 e. The van der Waals surface area contributed by atoms with Crippen LogP contribution in [0.1, 0.15) is 42.9 Å². The van der Waals surface area contributed by atoms with E-state index in [0.717, 1.165) is 79.8 Å². The van der Waals surface area contributed by atoms with Crippen LogP contribution in [0.4, 0.5) is 14.9 Å². The van der Waals surface area contributed by atoms with Crippen molar-refractivity contribution in [1.82, 2.24) is 10.1 Å². The zero-order valence-electron chi connectivity index (χ0n) is 19.5. The SMILES string of the molecule is O=C(OCCCN1CCC(c2noc3cc(F)ccc23)CC1)N1CCCc2cc3c(cc21)OCO3. The summed E-state index contributed by atoms with van der Waals surface area (Å²) in [6.07, 6.45) is 4.22. The Kier molecular flexibility index (Phi) is 5.93. The Bertz CT molecular complexity index is 1240. The molecule has 0 radical (unpaired) electrons. The Morgan fingerprint density at radius 3 is 2.80 bits per heavy atom. The molecule has 6 rings (SSSR count). The monoisotopic (exact) mass is 481 g/mol. The molecule has 2 aromatic carbocycles. The quantitative estimate of drug-likeness (QED) is 0.482. The van der Waals surface area contributed by atoms with Gasteiger partial charge in [-0.2, -0.15) is 0 Å². The maximum Gasteiger partial charge on any atom is 0.414 e. The van der Waals surface area contributed by atoms with Gasteiger partial charge in [-0.05, 0) is 69.0 Å². The molecule has 1 saturated heterocycles. The second kappa shape index (κ2) is 9.37. The number of amides is 1. The van der Waals surface area contributed by atoms with E-state index < -0.39 is 0 Å². The van der Waals surface area contributed by atoms with Gasteiger partial charge in [-0.3, -0.25) is 4.90 Å². The van der Waals surface area contributed by atoms with Gasteiger partial charge >= 0.3 is 6.09 Å². The molecule has 0 unspecified atom stereocenters. The fourth-order valence-corrected chi connectivity index (χ4v) is 5.34. The summed E-state index contributed by atoms with van der Waals surface area (Å²) in [5, 5.41) is 5.13. The van der Waals surface area contributed by atoms with Gasteiger partial charge in [0.25, 0.3) is 0 Å². The number of ether oxygens (including phenoxy) is 3. The van der Waals surface area contributed by atoms with Crippen LogP contribution in [0.3, 0.4) is 0 Å². The molecule has 8 nitrogen and oxygen atoms in total. The average Bonchev–Trinajstić information content (AvgIpc) is 3.51.